The van der Waals surface area contributed by atoms with E-state index in [9.17, 15) is 4.79 Å². The van der Waals surface area contributed by atoms with Crippen LogP contribution in [0.15, 0.2) is 18.1 Å². The lowest BCUT2D eigenvalue weighted by atomic mass is 10.2. The van der Waals surface area contributed by atoms with Crippen LogP contribution >= 0.6 is 0 Å². The van der Waals surface area contributed by atoms with Crippen molar-refractivity contribution in [2.45, 2.75) is 51.9 Å². The molecule has 7 N–H and O–H groups in total. The van der Waals surface area contributed by atoms with Crippen molar-refractivity contribution in [1.82, 2.24) is 20.6 Å². The molecule has 0 aromatic carbocycles. The molecule has 0 aliphatic rings. The van der Waals surface area contributed by atoms with Crippen LogP contribution in [-0.2, 0) is 11.2 Å². The van der Waals surface area contributed by atoms with Crippen molar-refractivity contribution in [3.8, 4) is 0 Å². The highest BCUT2D eigenvalue weighted by molar-refractivity contribution is 5.78. The summed E-state index contributed by atoms with van der Waals surface area (Å²) >= 11 is 0. The number of carbonyl (C=O) groups excluding carboxylic acids is 1. The second-order valence-corrected chi connectivity index (χ2v) is 5.66. The molecule has 0 aliphatic heterocycles. The summed E-state index contributed by atoms with van der Waals surface area (Å²) in [6.07, 6.45) is 10.6. The first-order chi connectivity index (χ1) is 11.1. The number of carbonyl (C=O) groups is 1. The first-order valence-electron chi connectivity index (χ1n) is 8.35. The van der Waals surface area contributed by atoms with Crippen LogP contribution in [0, 0.1) is 0 Å². The molecule has 130 valence electrons. The Kier molecular flexibility index (Phi) is 9.35. The summed E-state index contributed by atoms with van der Waals surface area (Å²) < 4.78 is 0. The van der Waals surface area contributed by atoms with Crippen LogP contribution in [0.5, 0.6) is 0 Å². The topological polar surface area (TPSA) is 122 Å². The van der Waals surface area contributed by atoms with Crippen molar-refractivity contribution in [3.05, 3.63) is 23.8 Å². The minimum Gasteiger partial charge on any atom is -0.401 e. The van der Waals surface area contributed by atoms with Crippen LogP contribution in [0.4, 0.5) is 5.95 Å². The standard InChI is InChI=1S/C16H30N6O/c1-2-3-4-5-9-20-15(23)12-19-10-13(17)7-6-8-14-11-21-16(18)22-14/h10-11,19H,2-9,12,17H2,1H3,(H,20,23)(H3,18,21,22)/b13-10-. The summed E-state index contributed by atoms with van der Waals surface area (Å²) in [6.45, 7) is 3.17. The Hall–Kier alpha value is -2.18. The molecule has 0 spiro atoms. The highest BCUT2D eigenvalue weighted by Gasteiger charge is 2.00. The zero-order valence-electron chi connectivity index (χ0n) is 14.0. The third-order valence-corrected chi connectivity index (χ3v) is 3.46. The lowest BCUT2D eigenvalue weighted by Gasteiger charge is -2.06. The van der Waals surface area contributed by atoms with Gasteiger partial charge in [-0.3, -0.25) is 4.79 Å². The fourth-order valence-corrected chi connectivity index (χ4v) is 2.18. The molecule has 0 unspecified atom stereocenters. The quantitative estimate of drug-likeness (QED) is 0.372. The van der Waals surface area contributed by atoms with Gasteiger partial charge in [0.05, 0.1) is 12.7 Å². The lowest BCUT2D eigenvalue weighted by molar-refractivity contribution is -0.120. The fraction of sp³-hybridized carbons (Fsp3) is 0.625. The van der Waals surface area contributed by atoms with E-state index in [0.717, 1.165) is 43.6 Å². The van der Waals surface area contributed by atoms with Gasteiger partial charge in [0.15, 0.2) is 5.95 Å². The molecule has 23 heavy (non-hydrogen) atoms. The van der Waals surface area contributed by atoms with Gasteiger partial charge in [-0.15, -0.1) is 0 Å². The van der Waals surface area contributed by atoms with E-state index in [1.807, 2.05) is 0 Å². The van der Waals surface area contributed by atoms with Crippen molar-refractivity contribution in [3.63, 3.8) is 0 Å². The van der Waals surface area contributed by atoms with Gasteiger partial charge in [0.1, 0.15) is 0 Å². The number of anilines is 1. The summed E-state index contributed by atoms with van der Waals surface area (Å²) in [5.74, 6) is 0.435. The van der Waals surface area contributed by atoms with Gasteiger partial charge in [-0.25, -0.2) is 4.98 Å². The third kappa shape index (κ3) is 9.44. The van der Waals surface area contributed by atoms with Crippen molar-refractivity contribution < 1.29 is 4.79 Å². The van der Waals surface area contributed by atoms with Gasteiger partial charge in [-0.1, -0.05) is 26.2 Å². The summed E-state index contributed by atoms with van der Waals surface area (Å²) in [5, 5.41) is 5.84. The number of nitrogens with two attached hydrogens (primary N) is 2. The fourth-order valence-electron chi connectivity index (χ4n) is 2.18. The number of unbranched alkanes of at least 4 members (excludes halogenated alkanes) is 3. The monoisotopic (exact) mass is 322 g/mol. The van der Waals surface area contributed by atoms with E-state index < -0.39 is 0 Å². The normalized spacial score (nSPS) is 11.4. The molecule has 0 saturated carbocycles. The number of nitrogens with zero attached hydrogens (tertiary/aromatic N) is 1. The lowest BCUT2D eigenvalue weighted by Crippen LogP contribution is -2.32. The van der Waals surface area contributed by atoms with Gasteiger partial charge in [0.25, 0.3) is 0 Å². The number of hydrogen-bond acceptors (Lipinski definition) is 5. The molecule has 0 radical (unpaired) electrons. The van der Waals surface area contributed by atoms with E-state index in [1.165, 1.54) is 19.3 Å². The number of aromatic nitrogens is 2. The summed E-state index contributed by atoms with van der Waals surface area (Å²) in [6, 6.07) is 0. The van der Waals surface area contributed by atoms with Gasteiger partial charge in [0.2, 0.25) is 5.91 Å². The van der Waals surface area contributed by atoms with Gasteiger partial charge >= 0.3 is 0 Å². The van der Waals surface area contributed by atoms with Crippen LogP contribution < -0.4 is 22.1 Å². The first-order valence-corrected chi connectivity index (χ1v) is 8.35. The molecule has 0 bridgehead atoms. The Morgan fingerprint density at radius 2 is 2.17 bits per heavy atom. The molecule has 1 amide bonds. The SMILES string of the molecule is CCCCCCNC(=O)CN/C=C(\N)CCCc1cnc(N)[nH]1. The number of aryl methyl sites for hydroxylation is 1. The molecule has 1 aromatic rings. The predicted molar refractivity (Wildman–Crippen MR) is 93.4 cm³/mol. The van der Waals surface area contributed by atoms with Crippen molar-refractivity contribution in [1.29, 1.82) is 0 Å². The van der Waals surface area contributed by atoms with Gasteiger partial charge in [-0.2, -0.15) is 0 Å². The number of hydrogen-bond donors (Lipinski definition) is 5. The average Bonchev–Trinajstić information content (AvgIpc) is 2.92. The molecule has 7 heteroatoms. The highest BCUT2D eigenvalue weighted by atomic mass is 16.1. The van der Waals surface area contributed by atoms with E-state index >= 15 is 0 Å². The maximum Gasteiger partial charge on any atom is 0.239 e. The van der Waals surface area contributed by atoms with Crippen molar-refractivity contribution >= 4 is 11.9 Å². The van der Waals surface area contributed by atoms with Crippen molar-refractivity contribution in [2.75, 3.05) is 18.8 Å². The van der Waals surface area contributed by atoms with Crippen molar-refractivity contribution in [2.24, 2.45) is 5.73 Å². The third-order valence-electron chi connectivity index (χ3n) is 3.46. The molecule has 1 rings (SSSR count). The summed E-state index contributed by atoms with van der Waals surface area (Å²) in [7, 11) is 0. The maximum absolute atomic E-state index is 11.6. The number of imidazole rings is 1. The van der Waals surface area contributed by atoms with E-state index in [0.29, 0.717) is 5.95 Å². The second-order valence-electron chi connectivity index (χ2n) is 5.66. The minimum atomic E-state index is -0.00140. The molecule has 7 nitrogen and oxygen atoms in total. The Bertz CT molecular complexity index is 483. The van der Waals surface area contributed by atoms with Gasteiger partial charge < -0.3 is 27.1 Å². The van der Waals surface area contributed by atoms with Gasteiger partial charge in [-0.05, 0) is 25.7 Å². The molecular formula is C16H30N6O. The molecule has 0 atom stereocenters. The number of rotatable bonds is 12. The number of aromatic amines is 1. The number of allylic oxidation sites excluding steroid dienone is 1. The number of H-pyrrole nitrogens is 1. The second kappa shape index (κ2) is 11.4. The highest BCUT2D eigenvalue weighted by Crippen LogP contribution is 2.06. The molecule has 0 saturated heterocycles. The van der Waals surface area contributed by atoms with Crippen LogP contribution in [0.25, 0.3) is 0 Å². The van der Waals surface area contributed by atoms with E-state index in [-0.39, 0.29) is 12.5 Å². The molecular weight excluding hydrogens is 292 g/mol. The van der Waals surface area contributed by atoms with E-state index in [2.05, 4.69) is 27.5 Å². The molecule has 0 fully saturated rings. The first kappa shape index (κ1) is 18.9. The average molecular weight is 322 g/mol. The van der Waals surface area contributed by atoms with Crippen LogP contribution in [0.1, 0.15) is 51.1 Å². The van der Waals surface area contributed by atoms with E-state index in [1.54, 1.807) is 12.4 Å². The van der Waals surface area contributed by atoms with Crippen LogP contribution in [-0.4, -0.2) is 29.0 Å². The Balaban J connectivity index is 2.05. The predicted octanol–water partition coefficient (Wildman–Crippen LogP) is 1.40. The zero-order valence-corrected chi connectivity index (χ0v) is 14.0. The van der Waals surface area contributed by atoms with Gasteiger partial charge in [0, 0.05) is 24.1 Å². The van der Waals surface area contributed by atoms with E-state index in [4.69, 9.17) is 11.5 Å². The summed E-state index contributed by atoms with van der Waals surface area (Å²) in [5.41, 5.74) is 13.1. The Morgan fingerprint density at radius 3 is 2.87 bits per heavy atom. The molecule has 0 aliphatic carbocycles. The number of nitrogens with one attached hydrogen (secondary N) is 3. The molecule has 1 heterocycles. The summed E-state index contributed by atoms with van der Waals surface area (Å²) in [4.78, 5) is 18.5. The number of nitrogen functional groups attached to an aromatic ring is 1. The largest absolute Gasteiger partial charge is 0.401 e. The van der Waals surface area contributed by atoms with Crippen LogP contribution in [0.3, 0.4) is 0 Å². The smallest absolute Gasteiger partial charge is 0.239 e. The Labute approximate surface area is 138 Å². The zero-order chi connectivity index (χ0) is 16.9. The minimum absolute atomic E-state index is 0.00140. The Morgan fingerprint density at radius 1 is 1.35 bits per heavy atom. The van der Waals surface area contributed by atoms with Crippen LogP contribution in [0.2, 0.25) is 0 Å². The number of amides is 1. The maximum atomic E-state index is 11.6. The molecule has 1 aromatic heterocycles.